The molecule has 2 aromatic carbocycles. The second kappa shape index (κ2) is 7.63. The van der Waals surface area contributed by atoms with E-state index < -0.39 is 0 Å². The van der Waals surface area contributed by atoms with Gasteiger partial charge in [0.2, 0.25) is 0 Å². The number of halogens is 1. The van der Waals surface area contributed by atoms with Crippen LogP contribution in [-0.2, 0) is 6.42 Å². The van der Waals surface area contributed by atoms with E-state index in [2.05, 4.69) is 30.5 Å². The number of rotatable bonds is 5. The molecule has 32 heavy (non-hydrogen) atoms. The van der Waals surface area contributed by atoms with E-state index in [9.17, 15) is 5.26 Å². The Labute approximate surface area is 181 Å². The molecule has 0 saturated carbocycles. The highest BCUT2D eigenvalue weighted by Crippen LogP contribution is 2.36. The minimum Gasteiger partial charge on any atom is -0.382 e. The molecule has 3 heterocycles. The monoisotopic (exact) mass is 427 g/mol. The minimum atomic E-state index is -0.327. The summed E-state index contributed by atoms with van der Waals surface area (Å²) in [6, 6.07) is 9.13. The first-order chi connectivity index (χ1) is 15.6. The molecule has 5 aromatic rings. The lowest BCUT2D eigenvalue weighted by Gasteiger charge is -2.08. The summed E-state index contributed by atoms with van der Waals surface area (Å²) in [4.78, 5) is 15.9. The first-order valence-electron chi connectivity index (χ1n) is 9.91. The lowest BCUT2D eigenvalue weighted by atomic mass is 9.98. The van der Waals surface area contributed by atoms with Gasteiger partial charge in [-0.05, 0) is 30.2 Å². The lowest BCUT2D eigenvalue weighted by Crippen LogP contribution is -2.10. The average Bonchev–Trinajstić information content (AvgIpc) is 3.42. The van der Waals surface area contributed by atoms with Crippen molar-refractivity contribution in [3.05, 3.63) is 59.6 Å². The quantitative estimate of drug-likeness (QED) is 0.336. The Morgan fingerprint density at radius 2 is 2.16 bits per heavy atom. The van der Waals surface area contributed by atoms with Gasteiger partial charge in [0.15, 0.2) is 0 Å². The Kier molecular flexibility index (Phi) is 4.63. The van der Waals surface area contributed by atoms with Gasteiger partial charge in [-0.2, -0.15) is 10.4 Å². The average molecular weight is 427 g/mol. The lowest BCUT2D eigenvalue weighted by molar-refractivity contribution is 0.632. The van der Waals surface area contributed by atoms with Crippen molar-refractivity contribution in [3.63, 3.8) is 0 Å². The van der Waals surface area contributed by atoms with Crippen LogP contribution in [0.4, 0.5) is 16.0 Å². The zero-order valence-electron chi connectivity index (χ0n) is 17.1. The predicted molar refractivity (Wildman–Crippen MR) is 119 cm³/mol. The van der Waals surface area contributed by atoms with Crippen molar-refractivity contribution < 1.29 is 4.39 Å². The first-order valence-corrected chi connectivity index (χ1v) is 9.91. The van der Waals surface area contributed by atoms with E-state index in [-0.39, 0.29) is 17.2 Å². The number of nitrogens with one attached hydrogen (secondary N) is 3. The number of imidazole rings is 1. The van der Waals surface area contributed by atoms with Crippen LogP contribution in [0.5, 0.6) is 0 Å². The number of fused-ring (bicyclic) bond motifs is 2. The molecule has 10 heteroatoms. The number of aryl methyl sites for hydroxylation is 1. The van der Waals surface area contributed by atoms with E-state index in [4.69, 9.17) is 10.7 Å². The molecule has 0 aliphatic carbocycles. The number of hydrogen-bond acceptors (Lipinski definition) is 7. The van der Waals surface area contributed by atoms with Gasteiger partial charge >= 0.3 is 0 Å². The summed E-state index contributed by atoms with van der Waals surface area (Å²) in [5, 5.41) is 20.2. The normalized spacial score (nSPS) is 11.2. The van der Waals surface area contributed by atoms with Crippen LogP contribution in [0.3, 0.4) is 0 Å². The van der Waals surface area contributed by atoms with Crippen molar-refractivity contribution in [2.45, 2.75) is 13.3 Å². The maximum atomic E-state index is 15.2. The van der Waals surface area contributed by atoms with Gasteiger partial charge in [0, 0.05) is 23.9 Å². The first kappa shape index (κ1) is 19.4. The Morgan fingerprint density at radius 3 is 3.00 bits per heavy atom. The number of benzene rings is 2. The standard InChI is InChI=1S/C22H18FN9/c1-11-7-15(23)18(12-3-2-4-16-14(12)9-29-32-16)20-19(11)30-17(31-20)5-6-26-22-13(8-24)21(25)27-10-28-22/h2-4,7,9-10H,5-6H2,1H3,(H,29,32)(H,30,31)(H3,25,26,27,28). The summed E-state index contributed by atoms with van der Waals surface area (Å²) in [5.41, 5.74) is 10.0. The molecule has 0 spiro atoms. The molecule has 0 radical (unpaired) electrons. The van der Waals surface area contributed by atoms with Crippen LogP contribution in [-0.4, -0.2) is 36.7 Å². The molecule has 0 unspecified atom stereocenters. The zero-order chi connectivity index (χ0) is 22.2. The molecule has 0 saturated heterocycles. The Morgan fingerprint density at radius 1 is 1.28 bits per heavy atom. The van der Waals surface area contributed by atoms with Crippen LogP contribution >= 0.6 is 0 Å². The second-order valence-corrected chi connectivity index (χ2v) is 7.37. The molecular formula is C22H18FN9. The highest BCUT2D eigenvalue weighted by atomic mass is 19.1. The van der Waals surface area contributed by atoms with Crippen LogP contribution in [0.2, 0.25) is 0 Å². The van der Waals surface area contributed by atoms with Crippen LogP contribution in [0.15, 0.2) is 36.8 Å². The van der Waals surface area contributed by atoms with Crippen molar-refractivity contribution in [1.82, 2.24) is 30.1 Å². The van der Waals surface area contributed by atoms with Gasteiger partial charge in [-0.15, -0.1) is 0 Å². The van der Waals surface area contributed by atoms with Crippen molar-refractivity contribution in [3.8, 4) is 17.2 Å². The number of nitrogens with zero attached hydrogens (tertiary/aromatic N) is 5. The van der Waals surface area contributed by atoms with E-state index in [1.54, 1.807) is 6.20 Å². The summed E-state index contributed by atoms with van der Waals surface area (Å²) in [7, 11) is 0. The maximum absolute atomic E-state index is 15.2. The third kappa shape index (κ3) is 3.16. The number of aromatic nitrogens is 6. The number of anilines is 2. The van der Waals surface area contributed by atoms with Gasteiger partial charge in [-0.1, -0.05) is 12.1 Å². The van der Waals surface area contributed by atoms with Crippen LogP contribution in [0.1, 0.15) is 17.0 Å². The fraction of sp³-hybridized carbons (Fsp3) is 0.136. The SMILES string of the molecule is Cc1cc(F)c(-c2cccc3[nH]ncc23)c2[nH]c(CCNc3ncnc(N)c3C#N)nc12. The van der Waals surface area contributed by atoms with Crippen LogP contribution < -0.4 is 11.1 Å². The Hall–Kier alpha value is -4.52. The Balaban J connectivity index is 1.50. The fourth-order valence-electron chi connectivity index (χ4n) is 3.85. The number of hydrogen-bond donors (Lipinski definition) is 4. The third-order valence-corrected chi connectivity index (χ3v) is 5.36. The van der Waals surface area contributed by atoms with Crippen LogP contribution in [0, 0.1) is 24.1 Å². The second-order valence-electron chi connectivity index (χ2n) is 7.37. The van der Waals surface area contributed by atoms with Crippen molar-refractivity contribution in [2.24, 2.45) is 0 Å². The molecule has 5 N–H and O–H groups in total. The number of H-pyrrole nitrogens is 2. The van der Waals surface area contributed by atoms with Gasteiger partial charge in [-0.25, -0.2) is 19.3 Å². The van der Waals surface area contributed by atoms with Gasteiger partial charge in [-0.3, -0.25) is 5.10 Å². The molecule has 3 aromatic heterocycles. The van der Waals surface area contributed by atoms with E-state index >= 15 is 4.39 Å². The topological polar surface area (TPSA) is 145 Å². The molecule has 9 nitrogen and oxygen atoms in total. The molecule has 0 atom stereocenters. The number of nitrogens with two attached hydrogens (primary N) is 1. The molecule has 158 valence electrons. The van der Waals surface area contributed by atoms with Crippen molar-refractivity contribution in [1.29, 1.82) is 5.26 Å². The smallest absolute Gasteiger partial charge is 0.149 e. The van der Waals surface area contributed by atoms with E-state index in [1.165, 1.54) is 12.4 Å². The fourth-order valence-corrected chi connectivity index (χ4v) is 3.85. The highest BCUT2D eigenvalue weighted by molar-refractivity contribution is 6.03. The van der Waals surface area contributed by atoms with Crippen LogP contribution in [0.25, 0.3) is 33.1 Å². The van der Waals surface area contributed by atoms with E-state index in [1.807, 2.05) is 31.2 Å². The summed E-state index contributed by atoms with van der Waals surface area (Å²) >= 11 is 0. The molecular weight excluding hydrogens is 409 g/mol. The molecule has 0 amide bonds. The largest absolute Gasteiger partial charge is 0.382 e. The van der Waals surface area contributed by atoms with Gasteiger partial charge in [0.25, 0.3) is 0 Å². The van der Waals surface area contributed by atoms with E-state index in [0.29, 0.717) is 41.2 Å². The maximum Gasteiger partial charge on any atom is 0.149 e. The third-order valence-electron chi connectivity index (χ3n) is 5.36. The summed E-state index contributed by atoms with van der Waals surface area (Å²) in [5.74, 6) is 0.845. The van der Waals surface area contributed by atoms with E-state index in [0.717, 1.165) is 22.0 Å². The molecule has 0 aliphatic heterocycles. The number of aromatic amines is 2. The molecule has 5 rings (SSSR count). The van der Waals surface area contributed by atoms with Crippen molar-refractivity contribution >= 4 is 33.6 Å². The van der Waals surface area contributed by atoms with Gasteiger partial charge in [0.1, 0.15) is 41.2 Å². The summed E-state index contributed by atoms with van der Waals surface area (Å²) in [6.07, 6.45) is 3.49. The molecule has 0 bridgehead atoms. The summed E-state index contributed by atoms with van der Waals surface area (Å²) < 4.78 is 15.2. The zero-order valence-corrected chi connectivity index (χ0v) is 17.1. The molecule has 0 aliphatic rings. The Bertz CT molecular complexity index is 1510. The molecule has 0 fully saturated rings. The van der Waals surface area contributed by atoms with Gasteiger partial charge < -0.3 is 16.0 Å². The number of nitriles is 1. The number of nitrogen functional groups attached to an aromatic ring is 1. The minimum absolute atomic E-state index is 0.123. The van der Waals surface area contributed by atoms with Gasteiger partial charge in [0.05, 0.1) is 22.7 Å². The predicted octanol–water partition coefficient (Wildman–Crippen LogP) is 3.45. The summed E-state index contributed by atoms with van der Waals surface area (Å²) in [6.45, 7) is 2.28. The highest BCUT2D eigenvalue weighted by Gasteiger charge is 2.19. The van der Waals surface area contributed by atoms with Crippen molar-refractivity contribution in [2.75, 3.05) is 17.6 Å².